The van der Waals surface area contributed by atoms with Gasteiger partial charge in [-0.1, -0.05) is 32.9 Å². The van der Waals surface area contributed by atoms with E-state index in [2.05, 4.69) is 26.8 Å². The average Bonchev–Trinajstić information content (AvgIpc) is 2.38. The molecule has 0 heterocycles. The lowest BCUT2D eigenvalue weighted by Crippen LogP contribution is -2.13. The zero-order valence-electron chi connectivity index (χ0n) is 12.4. The van der Waals surface area contributed by atoms with Crippen LogP contribution in [-0.2, 0) is 5.41 Å². The number of phenols is 1. The average molecular weight is 268 g/mol. The molecule has 0 radical (unpaired) electrons. The number of carbonyl (C=O) groups is 1. The predicted octanol–water partition coefficient (Wildman–Crippen LogP) is 4.23. The maximum Gasteiger partial charge on any atom is 0.193 e. The standard InChI is InChI=1S/C18H20O2/c1-12-5-8-14(18(2,3)4)11-16(12)17(20)13-6-9-15(19)10-7-13/h5-11,19H,1-4H3. The summed E-state index contributed by atoms with van der Waals surface area (Å²) in [6.07, 6.45) is 0. The highest BCUT2D eigenvalue weighted by atomic mass is 16.3. The summed E-state index contributed by atoms with van der Waals surface area (Å²) in [5, 5.41) is 9.30. The summed E-state index contributed by atoms with van der Waals surface area (Å²) in [4.78, 5) is 12.6. The molecule has 104 valence electrons. The van der Waals surface area contributed by atoms with Crippen molar-refractivity contribution in [1.82, 2.24) is 0 Å². The molecule has 2 rings (SSSR count). The van der Waals surface area contributed by atoms with E-state index in [0.717, 1.165) is 16.7 Å². The van der Waals surface area contributed by atoms with Gasteiger partial charge in [-0.3, -0.25) is 4.79 Å². The van der Waals surface area contributed by atoms with E-state index in [9.17, 15) is 9.90 Å². The van der Waals surface area contributed by atoms with Crippen LogP contribution in [0, 0.1) is 6.92 Å². The number of carbonyl (C=O) groups excluding carboxylic acids is 1. The highest BCUT2D eigenvalue weighted by Gasteiger charge is 2.18. The van der Waals surface area contributed by atoms with Gasteiger partial charge in [0, 0.05) is 11.1 Å². The van der Waals surface area contributed by atoms with E-state index in [1.54, 1.807) is 12.1 Å². The Morgan fingerprint density at radius 1 is 1.00 bits per heavy atom. The van der Waals surface area contributed by atoms with Crippen molar-refractivity contribution in [3.63, 3.8) is 0 Å². The summed E-state index contributed by atoms with van der Waals surface area (Å²) in [5.41, 5.74) is 3.44. The van der Waals surface area contributed by atoms with Crippen LogP contribution in [0.5, 0.6) is 5.75 Å². The minimum atomic E-state index is -0.00593. The number of aromatic hydroxyl groups is 1. The summed E-state index contributed by atoms with van der Waals surface area (Å²) < 4.78 is 0. The van der Waals surface area contributed by atoms with Crippen LogP contribution in [0.3, 0.4) is 0 Å². The van der Waals surface area contributed by atoms with Gasteiger partial charge >= 0.3 is 0 Å². The zero-order valence-corrected chi connectivity index (χ0v) is 12.4. The van der Waals surface area contributed by atoms with Crippen LogP contribution in [-0.4, -0.2) is 10.9 Å². The van der Waals surface area contributed by atoms with Crippen LogP contribution >= 0.6 is 0 Å². The molecule has 0 spiro atoms. The molecule has 0 bridgehead atoms. The molecule has 0 fully saturated rings. The largest absolute Gasteiger partial charge is 0.508 e. The third-order valence-corrected chi connectivity index (χ3v) is 3.48. The van der Waals surface area contributed by atoms with Crippen LogP contribution in [0.4, 0.5) is 0 Å². The predicted molar refractivity (Wildman–Crippen MR) is 81.4 cm³/mol. The van der Waals surface area contributed by atoms with Crippen molar-refractivity contribution in [2.75, 3.05) is 0 Å². The molecule has 1 N–H and O–H groups in total. The Kier molecular flexibility index (Phi) is 3.67. The molecule has 0 aliphatic carbocycles. The summed E-state index contributed by atoms with van der Waals surface area (Å²) in [6, 6.07) is 12.4. The molecule has 0 unspecified atom stereocenters. The van der Waals surface area contributed by atoms with Gasteiger partial charge in [-0.2, -0.15) is 0 Å². The molecule has 0 atom stereocenters. The Morgan fingerprint density at radius 2 is 1.60 bits per heavy atom. The molecule has 2 aromatic carbocycles. The SMILES string of the molecule is Cc1ccc(C(C)(C)C)cc1C(=O)c1ccc(O)cc1. The third kappa shape index (κ3) is 2.90. The van der Waals surface area contributed by atoms with Crippen LogP contribution in [0.15, 0.2) is 42.5 Å². The fraction of sp³-hybridized carbons (Fsp3) is 0.278. The Hall–Kier alpha value is -2.09. The number of rotatable bonds is 2. The van der Waals surface area contributed by atoms with E-state index >= 15 is 0 Å². The number of aryl methyl sites for hydroxylation is 1. The Balaban J connectivity index is 2.46. The molecule has 2 aromatic rings. The fourth-order valence-electron chi connectivity index (χ4n) is 2.10. The van der Waals surface area contributed by atoms with Gasteiger partial charge in [0.1, 0.15) is 5.75 Å². The van der Waals surface area contributed by atoms with Crippen LogP contribution < -0.4 is 0 Å². The molecule has 0 aromatic heterocycles. The van der Waals surface area contributed by atoms with E-state index in [1.165, 1.54) is 12.1 Å². The zero-order chi connectivity index (χ0) is 14.9. The molecule has 0 aliphatic heterocycles. The van der Waals surface area contributed by atoms with Crippen molar-refractivity contribution in [3.05, 3.63) is 64.7 Å². The lowest BCUT2D eigenvalue weighted by atomic mass is 9.84. The minimum absolute atomic E-state index is 0.00593. The van der Waals surface area contributed by atoms with Crippen molar-refractivity contribution < 1.29 is 9.90 Å². The number of ketones is 1. The smallest absolute Gasteiger partial charge is 0.193 e. The van der Waals surface area contributed by atoms with E-state index in [0.29, 0.717) is 5.56 Å². The monoisotopic (exact) mass is 268 g/mol. The van der Waals surface area contributed by atoms with Crippen molar-refractivity contribution in [1.29, 1.82) is 0 Å². The lowest BCUT2D eigenvalue weighted by molar-refractivity contribution is 0.103. The quantitative estimate of drug-likeness (QED) is 0.828. The second-order valence-electron chi connectivity index (χ2n) is 6.16. The van der Waals surface area contributed by atoms with Crippen molar-refractivity contribution >= 4 is 5.78 Å². The summed E-state index contributed by atoms with van der Waals surface area (Å²) in [6.45, 7) is 8.34. The molecule has 2 nitrogen and oxygen atoms in total. The van der Waals surface area contributed by atoms with Crippen LogP contribution in [0.1, 0.15) is 47.8 Å². The van der Waals surface area contributed by atoms with Crippen LogP contribution in [0.25, 0.3) is 0 Å². The summed E-state index contributed by atoms with van der Waals surface area (Å²) >= 11 is 0. The molecular formula is C18H20O2. The number of hydrogen-bond acceptors (Lipinski definition) is 2. The van der Waals surface area contributed by atoms with Gasteiger partial charge in [0.25, 0.3) is 0 Å². The normalized spacial score (nSPS) is 11.4. The summed E-state index contributed by atoms with van der Waals surface area (Å²) in [7, 11) is 0. The van der Waals surface area contributed by atoms with Gasteiger partial charge in [0.05, 0.1) is 0 Å². The first-order valence-electron chi connectivity index (χ1n) is 6.74. The molecule has 0 saturated heterocycles. The molecule has 2 heteroatoms. The Labute approximate surface area is 120 Å². The van der Waals surface area contributed by atoms with E-state index in [-0.39, 0.29) is 16.9 Å². The molecule has 0 amide bonds. The number of benzene rings is 2. The van der Waals surface area contributed by atoms with Crippen molar-refractivity contribution in [2.24, 2.45) is 0 Å². The van der Waals surface area contributed by atoms with Crippen molar-refractivity contribution in [3.8, 4) is 5.75 Å². The second-order valence-corrected chi connectivity index (χ2v) is 6.16. The van der Waals surface area contributed by atoms with E-state index in [4.69, 9.17) is 0 Å². The summed E-state index contributed by atoms with van der Waals surface area (Å²) in [5.74, 6) is 0.162. The molecule has 0 aliphatic rings. The van der Waals surface area contributed by atoms with Gasteiger partial charge < -0.3 is 5.11 Å². The first-order valence-corrected chi connectivity index (χ1v) is 6.74. The van der Waals surface area contributed by atoms with Crippen molar-refractivity contribution in [2.45, 2.75) is 33.1 Å². The number of phenolic OH excluding ortho intramolecular Hbond substituents is 1. The fourth-order valence-corrected chi connectivity index (χ4v) is 2.10. The van der Waals surface area contributed by atoms with Gasteiger partial charge in [0.15, 0.2) is 5.78 Å². The number of hydrogen-bond donors (Lipinski definition) is 1. The van der Waals surface area contributed by atoms with Gasteiger partial charge in [-0.15, -0.1) is 0 Å². The minimum Gasteiger partial charge on any atom is -0.508 e. The highest BCUT2D eigenvalue weighted by Crippen LogP contribution is 2.26. The topological polar surface area (TPSA) is 37.3 Å². The molecule has 20 heavy (non-hydrogen) atoms. The van der Waals surface area contributed by atoms with Gasteiger partial charge in [-0.25, -0.2) is 0 Å². The lowest BCUT2D eigenvalue weighted by Gasteiger charge is -2.20. The molecular weight excluding hydrogens is 248 g/mol. The van der Waals surface area contributed by atoms with Gasteiger partial charge in [0.2, 0.25) is 0 Å². The van der Waals surface area contributed by atoms with Crippen LogP contribution in [0.2, 0.25) is 0 Å². The molecule has 0 saturated carbocycles. The maximum atomic E-state index is 12.6. The second kappa shape index (κ2) is 5.12. The van der Waals surface area contributed by atoms with E-state index in [1.807, 2.05) is 19.1 Å². The third-order valence-electron chi connectivity index (χ3n) is 3.48. The van der Waals surface area contributed by atoms with Gasteiger partial charge in [-0.05, 0) is 53.8 Å². The first-order chi connectivity index (χ1) is 9.29. The first kappa shape index (κ1) is 14.3. The maximum absolute atomic E-state index is 12.6. The Bertz CT molecular complexity index is 631. The Morgan fingerprint density at radius 3 is 2.15 bits per heavy atom. The highest BCUT2D eigenvalue weighted by molar-refractivity contribution is 6.10. The van der Waals surface area contributed by atoms with E-state index < -0.39 is 0 Å².